The highest BCUT2D eigenvalue weighted by Crippen LogP contribution is 2.36. The normalized spacial score (nSPS) is 21.2. The molecule has 8 nitrogen and oxygen atoms in total. The fourth-order valence-corrected chi connectivity index (χ4v) is 5.84. The number of likely N-dealkylation sites (tertiary alicyclic amines) is 1. The first-order chi connectivity index (χ1) is 16.7. The lowest BCUT2D eigenvalue weighted by Crippen LogP contribution is -2.43. The number of halogens is 3. The van der Waals surface area contributed by atoms with Crippen molar-refractivity contribution in [2.45, 2.75) is 44.1 Å². The Hall–Kier alpha value is -2.99. The third-order valence-electron chi connectivity index (χ3n) is 6.55. The molecule has 0 unspecified atom stereocenters. The number of thiazole rings is 1. The molecular formula is C23H25F3N6O2S. The molecule has 0 radical (unpaired) electrons. The number of likely N-dealkylation sites (N-methyl/N-ethyl adjacent to an activating group) is 1. The van der Waals surface area contributed by atoms with Crippen LogP contribution in [0.25, 0.3) is 10.3 Å². The van der Waals surface area contributed by atoms with E-state index in [9.17, 15) is 22.8 Å². The van der Waals surface area contributed by atoms with Gasteiger partial charge in [-0.3, -0.25) is 14.2 Å². The van der Waals surface area contributed by atoms with Crippen LogP contribution in [0.5, 0.6) is 0 Å². The molecule has 2 atom stereocenters. The molecule has 1 N–H and O–H groups in total. The smallest absolute Gasteiger partial charge is 0.350 e. The third-order valence-corrected chi connectivity index (χ3v) is 7.54. The van der Waals surface area contributed by atoms with E-state index >= 15 is 0 Å². The van der Waals surface area contributed by atoms with Crippen LogP contribution in [0.1, 0.15) is 36.7 Å². The molecule has 5 rings (SSSR count). The molecule has 12 heteroatoms. The van der Waals surface area contributed by atoms with Crippen molar-refractivity contribution in [1.29, 1.82) is 0 Å². The fourth-order valence-electron chi connectivity index (χ4n) is 4.83. The average molecular weight is 507 g/mol. The highest BCUT2D eigenvalue weighted by atomic mass is 32.1. The monoisotopic (exact) mass is 506 g/mol. The second-order valence-electron chi connectivity index (χ2n) is 9.02. The minimum absolute atomic E-state index is 0.0599. The van der Waals surface area contributed by atoms with Crippen molar-refractivity contribution < 1.29 is 18.0 Å². The van der Waals surface area contributed by atoms with E-state index in [0.29, 0.717) is 44.2 Å². The molecule has 2 aliphatic heterocycles. The Bertz CT molecular complexity index is 1290. The van der Waals surface area contributed by atoms with Crippen LogP contribution in [0.15, 0.2) is 35.1 Å². The van der Waals surface area contributed by atoms with E-state index in [4.69, 9.17) is 0 Å². The minimum Gasteiger partial charge on any atom is -0.350 e. The summed E-state index contributed by atoms with van der Waals surface area (Å²) in [6.45, 7) is 1.84. The summed E-state index contributed by atoms with van der Waals surface area (Å²) in [5.74, 6) is -1.37. The number of hydrogen-bond acceptors (Lipinski definition) is 7. The van der Waals surface area contributed by atoms with Crippen LogP contribution in [-0.4, -0.2) is 58.1 Å². The van der Waals surface area contributed by atoms with Gasteiger partial charge in [-0.2, -0.15) is 13.2 Å². The lowest BCUT2D eigenvalue weighted by molar-refractivity contribution is -0.148. The number of carbonyl (C=O) groups excluding carboxylic acids is 1. The van der Waals surface area contributed by atoms with E-state index in [-0.39, 0.29) is 16.3 Å². The first kappa shape index (κ1) is 23.7. The van der Waals surface area contributed by atoms with Gasteiger partial charge in [-0.25, -0.2) is 9.97 Å². The zero-order valence-electron chi connectivity index (χ0n) is 19.1. The van der Waals surface area contributed by atoms with Gasteiger partial charge in [0.05, 0.1) is 6.04 Å². The van der Waals surface area contributed by atoms with E-state index < -0.39 is 29.6 Å². The van der Waals surface area contributed by atoms with Crippen molar-refractivity contribution in [3.8, 4) is 0 Å². The third kappa shape index (κ3) is 4.64. The summed E-state index contributed by atoms with van der Waals surface area (Å²) in [7, 11) is 1.81. The zero-order chi connectivity index (χ0) is 24.7. The summed E-state index contributed by atoms with van der Waals surface area (Å²) >= 11 is 0.926. The first-order valence-electron chi connectivity index (χ1n) is 11.5. The summed E-state index contributed by atoms with van der Waals surface area (Å²) in [5.41, 5.74) is 0.102. The van der Waals surface area contributed by atoms with Crippen molar-refractivity contribution in [2.75, 3.05) is 31.6 Å². The van der Waals surface area contributed by atoms with Crippen LogP contribution in [0.3, 0.4) is 0 Å². The number of rotatable bonds is 5. The first-order valence-corrected chi connectivity index (χ1v) is 12.3. The largest absolute Gasteiger partial charge is 0.449 e. The highest BCUT2D eigenvalue weighted by Gasteiger charge is 2.41. The number of amides is 1. The molecule has 186 valence electrons. The van der Waals surface area contributed by atoms with Crippen LogP contribution >= 0.6 is 11.3 Å². The molecule has 1 aromatic carbocycles. The van der Waals surface area contributed by atoms with E-state index in [1.807, 2.05) is 42.3 Å². The Balaban J connectivity index is 1.46. The van der Waals surface area contributed by atoms with Gasteiger partial charge >= 0.3 is 6.18 Å². The molecular weight excluding hydrogens is 481 g/mol. The summed E-state index contributed by atoms with van der Waals surface area (Å²) in [6, 6.07) is 8.39. The van der Waals surface area contributed by atoms with Gasteiger partial charge in [-0.1, -0.05) is 41.7 Å². The molecule has 0 spiro atoms. The van der Waals surface area contributed by atoms with Crippen LogP contribution in [0, 0.1) is 0 Å². The van der Waals surface area contributed by atoms with Gasteiger partial charge in [-0.05, 0) is 38.4 Å². The number of benzene rings is 1. The van der Waals surface area contributed by atoms with Gasteiger partial charge in [0.15, 0.2) is 15.5 Å². The molecule has 0 bridgehead atoms. The highest BCUT2D eigenvalue weighted by molar-refractivity contribution is 7.21. The number of anilines is 1. The molecule has 2 saturated heterocycles. The Kier molecular flexibility index (Phi) is 6.26. The van der Waals surface area contributed by atoms with Gasteiger partial charge in [0.1, 0.15) is 6.04 Å². The number of hydrogen-bond donors (Lipinski definition) is 1. The molecule has 4 heterocycles. The Morgan fingerprint density at radius 3 is 2.63 bits per heavy atom. The second kappa shape index (κ2) is 9.23. The van der Waals surface area contributed by atoms with Gasteiger partial charge in [0.25, 0.3) is 5.56 Å². The molecule has 2 aliphatic rings. The number of alkyl halides is 3. The molecule has 0 aliphatic carbocycles. The lowest BCUT2D eigenvalue weighted by atomic mass is 10.2. The van der Waals surface area contributed by atoms with Crippen molar-refractivity contribution in [3.63, 3.8) is 0 Å². The van der Waals surface area contributed by atoms with Crippen molar-refractivity contribution in [3.05, 3.63) is 52.1 Å². The number of aromatic nitrogens is 3. The number of carbonyl (C=O) groups is 1. The maximum absolute atomic E-state index is 13.9. The van der Waals surface area contributed by atoms with Gasteiger partial charge in [0.2, 0.25) is 11.7 Å². The van der Waals surface area contributed by atoms with Crippen LogP contribution in [0.2, 0.25) is 0 Å². The van der Waals surface area contributed by atoms with E-state index in [1.165, 1.54) is 0 Å². The van der Waals surface area contributed by atoms with E-state index in [0.717, 1.165) is 27.9 Å². The van der Waals surface area contributed by atoms with Crippen LogP contribution < -0.4 is 15.8 Å². The molecule has 0 saturated carbocycles. The van der Waals surface area contributed by atoms with E-state index in [1.54, 1.807) is 4.90 Å². The average Bonchev–Trinajstić information content (AvgIpc) is 3.56. The topological polar surface area (TPSA) is 83.4 Å². The quantitative estimate of drug-likeness (QED) is 0.573. The number of nitrogens with zero attached hydrogens (tertiary/aromatic N) is 5. The maximum Gasteiger partial charge on any atom is 0.449 e. The number of fused-ring (bicyclic) bond motifs is 1. The van der Waals surface area contributed by atoms with Gasteiger partial charge < -0.3 is 15.1 Å². The summed E-state index contributed by atoms with van der Waals surface area (Å²) < 4.78 is 42.4. The number of nitrogens with one attached hydrogen (secondary N) is 1. The predicted octanol–water partition coefficient (Wildman–Crippen LogP) is 3.03. The van der Waals surface area contributed by atoms with Crippen molar-refractivity contribution in [1.82, 2.24) is 24.8 Å². The zero-order valence-corrected chi connectivity index (χ0v) is 19.9. The summed E-state index contributed by atoms with van der Waals surface area (Å²) in [5, 5.41) is 3.27. The Labute approximate surface area is 203 Å². The molecule has 35 heavy (non-hydrogen) atoms. The summed E-state index contributed by atoms with van der Waals surface area (Å²) in [6.07, 6.45) is -3.01. The minimum atomic E-state index is -4.77. The molecule has 3 aromatic rings. The van der Waals surface area contributed by atoms with Crippen LogP contribution in [-0.2, 0) is 17.5 Å². The van der Waals surface area contributed by atoms with Crippen molar-refractivity contribution in [2.24, 2.45) is 0 Å². The molecule has 1 amide bonds. The van der Waals surface area contributed by atoms with E-state index in [2.05, 4.69) is 15.3 Å². The fraction of sp³-hybridized carbons (Fsp3) is 0.478. The maximum atomic E-state index is 13.9. The molecule has 2 aromatic heterocycles. The predicted molar refractivity (Wildman–Crippen MR) is 126 cm³/mol. The van der Waals surface area contributed by atoms with Crippen molar-refractivity contribution >= 4 is 32.7 Å². The Morgan fingerprint density at radius 2 is 1.94 bits per heavy atom. The SMILES string of the molecule is CN1CC[C@H](n2c(C(F)(F)F)nc3sc(N4CCC[C@@H]4C(=O)NCc4ccccc4)nc3c2=O)C1. The van der Waals surface area contributed by atoms with Gasteiger partial charge in [-0.15, -0.1) is 0 Å². The lowest BCUT2D eigenvalue weighted by Gasteiger charge is -2.23. The van der Waals surface area contributed by atoms with Crippen LogP contribution in [0.4, 0.5) is 18.3 Å². The summed E-state index contributed by atoms with van der Waals surface area (Å²) in [4.78, 5) is 38.0. The standard InChI is InChI=1S/C23H25F3N6O2S/c1-30-11-9-15(13-30)32-20(34)17-19(29-21(32)23(24,25)26)35-22(28-17)31-10-5-8-16(31)18(33)27-12-14-6-3-2-4-7-14/h2-4,6-7,15-16H,5,8-13H2,1H3,(H,27,33)/t15-,16+/m0/s1. The molecule has 2 fully saturated rings. The van der Waals surface area contributed by atoms with Gasteiger partial charge in [0, 0.05) is 19.6 Å². The second-order valence-corrected chi connectivity index (χ2v) is 9.97. The Morgan fingerprint density at radius 1 is 1.17 bits per heavy atom.